The fourth-order valence-corrected chi connectivity index (χ4v) is 3.83. The van der Waals surface area contributed by atoms with E-state index in [2.05, 4.69) is 32.1 Å². The van der Waals surface area contributed by atoms with Crippen molar-refractivity contribution >= 4 is 52.5 Å². The van der Waals surface area contributed by atoms with Gasteiger partial charge in [0, 0.05) is 31.9 Å². The molecule has 13 heteroatoms. The lowest BCUT2D eigenvalue weighted by Crippen LogP contribution is -2.32. The molecular formula is C20H17ClF4IN4O2P. The van der Waals surface area contributed by atoms with Crippen molar-refractivity contribution in [2.24, 2.45) is 5.10 Å². The van der Waals surface area contributed by atoms with Gasteiger partial charge in [0.1, 0.15) is 22.2 Å². The van der Waals surface area contributed by atoms with Crippen molar-refractivity contribution in [3.8, 4) is 11.6 Å². The van der Waals surface area contributed by atoms with Crippen LogP contribution in [0.25, 0.3) is 0 Å². The first-order valence-electron chi connectivity index (χ1n) is 9.39. The van der Waals surface area contributed by atoms with Gasteiger partial charge in [-0.1, -0.05) is 11.6 Å². The highest BCUT2D eigenvalue weighted by atomic mass is 127. The number of pyridine rings is 1. The fraction of sp³-hybridized carbons (Fsp3) is 0.250. The number of fused-ring (bicyclic) bond motifs is 1. The van der Waals surface area contributed by atoms with Crippen LogP contribution in [0.3, 0.4) is 0 Å². The quantitative estimate of drug-likeness (QED) is 0.0740. The largest absolute Gasteiger partial charge is 0.438 e. The predicted octanol–water partition coefficient (Wildman–Crippen LogP) is 5.90. The summed E-state index contributed by atoms with van der Waals surface area (Å²) >= 11 is 8.27. The monoisotopic (exact) mass is 614 g/mol. The van der Waals surface area contributed by atoms with Gasteiger partial charge in [-0.25, -0.2) is 9.37 Å². The van der Waals surface area contributed by atoms with Gasteiger partial charge in [-0.2, -0.15) is 18.3 Å². The molecule has 0 radical (unpaired) electrons. The van der Waals surface area contributed by atoms with Gasteiger partial charge in [-0.05, 0) is 58.3 Å². The third-order valence-electron chi connectivity index (χ3n) is 4.72. The summed E-state index contributed by atoms with van der Waals surface area (Å²) in [5.74, 6) is -1.54. The van der Waals surface area contributed by atoms with Crippen LogP contribution in [0.2, 0.25) is 0 Å². The summed E-state index contributed by atoms with van der Waals surface area (Å²) in [6.45, 7) is 0.706. The Hall–Kier alpha value is -1.98. The Morgan fingerprint density at radius 3 is 2.82 bits per heavy atom. The van der Waals surface area contributed by atoms with Gasteiger partial charge < -0.3 is 9.64 Å². The first-order valence-corrected chi connectivity index (χ1v) is 13.8. The number of hydrazone groups is 1. The van der Waals surface area contributed by atoms with Gasteiger partial charge >= 0.3 is 6.18 Å². The number of allylic oxidation sites excluding steroid dienone is 2. The molecule has 1 aliphatic rings. The molecule has 0 amide bonds. The summed E-state index contributed by atoms with van der Waals surface area (Å²) in [5.41, 5.74) is 0.567. The van der Waals surface area contributed by atoms with Crippen LogP contribution in [0.1, 0.15) is 16.7 Å². The topological polar surface area (TPSA) is 58.0 Å². The number of ether oxygens (including phenoxy) is 1. The van der Waals surface area contributed by atoms with Crippen LogP contribution < -0.4 is 4.74 Å². The Kier molecular flexibility index (Phi) is 8.52. The van der Waals surface area contributed by atoms with E-state index in [0.29, 0.717) is 49.5 Å². The van der Waals surface area contributed by atoms with Gasteiger partial charge in [0.25, 0.3) is 0 Å². The molecule has 1 aliphatic heterocycles. The summed E-state index contributed by atoms with van der Waals surface area (Å²) in [6, 6.07) is 3.93. The molecule has 0 bridgehead atoms. The van der Waals surface area contributed by atoms with Crippen molar-refractivity contribution in [1.82, 2.24) is 14.7 Å². The van der Waals surface area contributed by atoms with E-state index in [-0.39, 0.29) is 10.9 Å². The minimum Gasteiger partial charge on any atom is -0.438 e. The summed E-state index contributed by atoms with van der Waals surface area (Å²) in [6.07, 6.45) is -0.596. The zero-order valence-corrected chi connectivity index (χ0v) is 20.9. The van der Waals surface area contributed by atoms with Crippen molar-refractivity contribution in [3.05, 3.63) is 63.7 Å². The molecule has 3 rings (SSSR count). The summed E-state index contributed by atoms with van der Waals surface area (Å²) in [7, 11) is 1.78. The molecular weight excluding hydrogens is 598 g/mol. The molecule has 176 valence electrons. The van der Waals surface area contributed by atoms with Gasteiger partial charge in [0.15, 0.2) is 6.29 Å². The van der Waals surface area contributed by atoms with Crippen LogP contribution in [0.5, 0.6) is 11.6 Å². The minimum atomic E-state index is -4.79. The standard InChI is InChI=1S/C20H17ClF4IN4O2P/c1-29(33-26)28-9-17(16(21)11-31)30-7-5-14-12(10-30)4-6-27-19(14)32-18-3-2-13(22)8-15(18)20(23,24)25/h2-4,6,8-9,11,33H,5,7,10H2,1H3/b17-16-,28-9-. The number of hydrogen-bond acceptors (Lipinski definition) is 6. The molecule has 0 saturated carbocycles. The zero-order chi connectivity index (χ0) is 24.2. The average Bonchev–Trinajstić information content (AvgIpc) is 2.79. The molecule has 1 atom stereocenters. The van der Waals surface area contributed by atoms with Crippen molar-refractivity contribution in [2.75, 3.05) is 13.6 Å². The smallest absolute Gasteiger partial charge is 0.420 e. The van der Waals surface area contributed by atoms with Crippen LogP contribution in [0.4, 0.5) is 17.6 Å². The molecule has 33 heavy (non-hydrogen) atoms. The first-order chi connectivity index (χ1) is 15.6. The number of nitrogens with zero attached hydrogens (tertiary/aromatic N) is 4. The van der Waals surface area contributed by atoms with E-state index in [1.54, 1.807) is 17.9 Å². The van der Waals surface area contributed by atoms with E-state index in [9.17, 15) is 22.4 Å². The number of alkyl halides is 3. The summed E-state index contributed by atoms with van der Waals surface area (Å²) in [5, 5.41) is 4.24. The molecule has 0 saturated heterocycles. The Morgan fingerprint density at radius 1 is 1.39 bits per heavy atom. The Morgan fingerprint density at radius 2 is 2.15 bits per heavy atom. The van der Waals surface area contributed by atoms with Crippen molar-refractivity contribution in [3.63, 3.8) is 0 Å². The molecule has 0 spiro atoms. The van der Waals surface area contributed by atoms with Crippen LogP contribution in [-0.2, 0) is 23.9 Å². The molecule has 0 fully saturated rings. The van der Waals surface area contributed by atoms with Crippen LogP contribution in [0.15, 0.2) is 46.3 Å². The van der Waals surface area contributed by atoms with Gasteiger partial charge in [0.05, 0.1) is 18.3 Å². The van der Waals surface area contributed by atoms with Crippen LogP contribution in [0, 0.1) is 5.82 Å². The number of aldehydes is 1. The molecule has 6 nitrogen and oxygen atoms in total. The molecule has 1 aromatic heterocycles. The predicted molar refractivity (Wildman–Crippen MR) is 127 cm³/mol. The van der Waals surface area contributed by atoms with Gasteiger partial charge in [0.2, 0.25) is 5.88 Å². The first kappa shape index (κ1) is 25.6. The second-order valence-corrected chi connectivity index (χ2v) is 9.54. The molecule has 1 unspecified atom stereocenters. The summed E-state index contributed by atoms with van der Waals surface area (Å²) < 4.78 is 60.6. The third kappa shape index (κ3) is 6.33. The highest BCUT2D eigenvalue weighted by Crippen LogP contribution is 2.39. The Bertz CT molecular complexity index is 1100. The minimum absolute atomic E-state index is 0.00999. The maximum Gasteiger partial charge on any atom is 0.420 e. The third-order valence-corrected chi connectivity index (χ3v) is 7.46. The van der Waals surface area contributed by atoms with Crippen molar-refractivity contribution in [2.45, 2.75) is 19.1 Å². The second-order valence-electron chi connectivity index (χ2n) is 6.87. The number of benzene rings is 1. The number of carbonyl (C=O) groups is 1. The lowest BCUT2D eigenvalue weighted by Gasteiger charge is -2.32. The van der Waals surface area contributed by atoms with E-state index in [0.717, 1.165) is 17.7 Å². The summed E-state index contributed by atoms with van der Waals surface area (Å²) in [4.78, 5) is 17.2. The normalized spacial score (nSPS) is 15.1. The van der Waals surface area contributed by atoms with E-state index in [4.69, 9.17) is 16.3 Å². The van der Waals surface area contributed by atoms with Crippen molar-refractivity contribution in [1.29, 1.82) is 0 Å². The van der Waals surface area contributed by atoms with Crippen LogP contribution in [-0.4, -0.2) is 40.8 Å². The zero-order valence-electron chi connectivity index (χ0n) is 17.0. The van der Waals surface area contributed by atoms with Gasteiger partial charge in [-0.15, -0.1) is 0 Å². The van der Waals surface area contributed by atoms with E-state index < -0.39 is 23.3 Å². The second kappa shape index (κ2) is 11.0. The van der Waals surface area contributed by atoms with E-state index in [1.165, 1.54) is 12.4 Å². The number of carbonyl (C=O) groups excluding carboxylic acids is 1. The number of halogens is 6. The lowest BCUT2D eigenvalue weighted by molar-refractivity contribution is -0.138. The highest BCUT2D eigenvalue weighted by Gasteiger charge is 2.35. The SMILES string of the molecule is CN(/N=C\C(=C(\Cl)C=O)N1CCc2c(ccnc2Oc2ccc(F)cc2C(F)(F)F)C1)PI. The lowest BCUT2D eigenvalue weighted by atomic mass is 10.0. The molecule has 0 N–H and O–H groups in total. The highest BCUT2D eigenvalue weighted by molar-refractivity contribution is 14.2. The number of rotatable bonds is 7. The Labute approximate surface area is 207 Å². The number of aromatic nitrogens is 1. The average molecular weight is 615 g/mol. The maximum absolute atomic E-state index is 13.4. The van der Waals surface area contributed by atoms with Crippen molar-refractivity contribution < 1.29 is 27.1 Å². The molecule has 2 heterocycles. The molecule has 2 aromatic rings. The van der Waals surface area contributed by atoms with E-state index in [1.807, 2.05) is 4.90 Å². The van der Waals surface area contributed by atoms with Gasteiger partial charge in [-0.3, -0.25) is 9.57 Å². The molecule has 0 aliphatic carbocycles. The van der Waals surface area contributed by atoms with Crippen LogP contribution >= 0.6 is 40.0 Å². The molecule has 1 aromatic carbocycles. The fourth-order valence-electron chi connectivity index (χ4n) is 3.19. The van der Waals surface area contributed by atoms with E-state index >= 15 is 0 Å². The Balaban J connectivity index is 1.91. The maximum atomic E-state index is 13.4. The number of hydrogen-bond donors (Lipinski definition) is 0.